The van der Waals surface area contributed by atoms with Gasteiger partial charge in [0.2, 0.25) is 0 Å². The molecule has 0 aromatic heterocycles. The molecular weight excluding hydrogens is 418 g/mol. The SMILES string of the molecule is Cc1ccc([C@](C)(O)CN2CCN(c3ccc(C#N)cc3Cl)[C@H](c3ccccc3)C2)cc1. The highest BCUT2D eigenvalue weighted by Gasteiger charge is 2.33. The monoisotopic (exact) mass is 445 g/mol. The van der Waals surface area contributed by atoms with Crippen LogP contribution in [0, 0.1) is 18.3 Å². The van der Waals surface area contributed by atoms with Crippen LogP contribution in [0.3, 0.4) is 0 Å². The summed E-state index contributed by atoms with van der Waals surface area (Å²) < 4.78 is 0. The number of halogens is 1. The van der Waals surface area contributed by atoms with E-state index in [1.807, 2.05) is 49.4 Å². The van der Waals surface area contributed by atoms with E-state index in [1.165, 1.54) is 11.1 Å². The topological polar surface area (TPSA) is 50.5 Å². The van der Waals surface area contributed by atoms with E-state index in [-0.39, 0.29) is 6.04 Å². The fraction of sp³-hybridized carbons (Fsp3) is 0.296. The quantitative estimate of drug-likeness (QED) is 0.579. The van der Waals surface area contributed by atoms with Crippen molar-refractivity contribution in [3.63, 3.8) is 0 Å². The molecule has 0 saturated carbocycles. The third kappa shape index (κ3) is 4.81. The van der Waals surface area contributed by atoms with Crippen LogP contribution in [0.15, 0.2) is 72.8 Å². The summed E-state index contributed by atoms with van der Waals surface area (Å²) in [6.45, 7) is 6.84. The average molecular weight is 446 g/mol. The van der Waals surface area contributed by atoms with Crippen molar-refractivity contribution in [3.8, 4) is 6.07 Å². The van der Waals surface area contributed by atoms with Gasteiger partial charge in [-0.2, -0.15) is 5.26 Å². The molecule has 2 atom stereocenters. The van der Waals surface area contributed by atoms with E-state index in [2.05, 4.69) is 47.1 Å². The summed E-state index contributed by atoms with van der Waals surface area (Å²) in [4.78, 5) is 4.64. The molecule has 0 unspecified atom stereocenters. The zero-order valence-electron chi connectivity index (χ0n) is 18.5. The fourth-order valence-corrected chi connectivity index (χ4v) is 4.77. The Morgan fingerprint density at radius 1 is 1.06 bits per heavy atom. The maximum absolute atomic E-state index is 11.3. The van der Waals surface area contributed by atoms with Crippen molar-refractivity contribution in [1.29, 1.82) is 5.26 Å². The summed E-state index contributed by atoms with van der Waals surface area (Å²) in [5.41, 5.74) is 3.86. The van der Waals surface area contributed by atoms with Gasteiger partial charge in [-0.05, 0) is 43.2 Å². The molecule has 5 heteroatoms. The van der Waals surface area contributed by atoms with Crippen molar-refractivity contribution in [2.24, 2.45) is 0 Å². The number of aliphatic hydroxyl groups is 1. The molecule has 1 saturated heterocycles. The molecule has 3 aromatic rings. The Balaban J connectivity index is 1.60. The van der Waals surface area contributed by atoms with Crippen LogP contribution in [-0.4, -0.2) is 36.2 Å². The predicted octanol–water partition coefficient (Wildman–Crippen LogP) is 5.29. The first-order valence-electron chi connectivity index (χ1n) is 10.9. The molecule has 32 heavy (non-hydrogen) atoms. The highest BCUT2D eigenvalue weighted by molar-refractivity contribution is 6.33. The van der Waals surface area contributed by atoms with Crippen LogP contribution in [0.2, 0.25) is 5.02 Å². The van der Waals surface area contributed by atoms with Crippen molar-refractivity contribution >= 4 is 17.3 Å². The van der Waals surface area contributed by atoms with Crippen molar-refractivity contribution in [1.82, 2.24) is 4.90 Å². The van der Waals surface area contributed by atoms with Gasteiger partial charge in [0, 0.05) is 26.2 Å². The highest BCUT2D eigenvalue weighted by atomic mass is 35.5. The van der Waals surface area contributed by atoms with E-state index in [4.69, 9.17) is 11.6 Å². The van der Waals surface area contributed by atoms with Gasteiger partial charge in [0.1, 0.15) is 0 Å². The smallest absolute Gasteiger partial charge is 0.0994 e. The Morgan fingerprint density at radius 2 is 1.78 bits per heavy atom. The second-order valence-corrected chi connectivity index (χ2v) is 9.18. The van der Waals surface area contributed by atoms with Gasteiger partial charge in [0.25, 0.3) is 0 Å². The number of rotatable bonds is 5. The molecule has 0 bridgehead atoms. The molecule has 0 spiro atoms. The minimum atomic E-state index is -0.941. The molecule has 0 radical (unpaired) electrons. The van der Waals surface area contributed by atoms with Crippen molar-refractivity contribution in [2.45, 2.75) is 25.5 Å². The molecule has 164 valence electrons. The van der Waals surface area contributed by atoms with Crippen LogP contribution < -0.4 is 4.90 Å². The van der Waals surface area contributed by atoms with Gasteiger partial charge in [-0.3, -0.25) is 4.90 Å². The van der Waals surface area contributed by atoms with Crippen LogP contribution in [0.5, 0.6) is 0 Å². The molecule has 4 rings (SSSR count). The number of benzene rings is 3. The lowest BCUT2D eigenvalue weighted by molar-refractivity contribution is 0.0103. The van der Waals surface area contributed by atoms with E-state index in [9.17, 15) is 10.4 Å². The molecule has 4 nitrogen and oxygen atoms in total. The number of anilines is 1. The van der Waals surface area contributed by atoms with Gasteiger partial charge in [-0.1, -0.05) is 71.8 Å². The highest BCUT2D eigenvalue weighted by Crippen LogP contribution is 2.36. The van der Waals surface area contributed by atoms with Crippen LogP contribution in [0.4, 0.5) is 5.69 Å². The molecule has 0 amide bonds. The lowest BCUT2D eigenvalue weighted by Crippen LogP contribution is -2.52. The maximum Gasteiger partial charge on any atom is 0.0994 e. The minimum Gasteiger partial charge on any atom is -0.384 e. The largest absolute Gasteiger partial charge is 0.384 e. The Hall–Kier alpha value is -2.84. The third-order valence-corrected chi connectivity index (χ3v) is 6.54. The molecule has 1 N–H and O–H groups in total. The standard InChI is InChI=1S/C27H28ClN3O/c1-20-8-11-23(12-9-20)27(2,32)19-30-14-15-31(25-13-10-21(17-29)16-24(25)28)26(18-30)22-6-4-3-5-7-22/h3-13,16,26,32H,14-15,18-19H2,1-2H3/t26-,27+/m0/s1. The Bertz CT molecular complexity index is 1110. The van der Waals surface area contributed by atoms with Gasteiger partial charge in [0.05, 0.1) is 34.0 Å². The van der Waals surface area contributed by atoms with E-state index in [1.54, 1.807) is 6.07 Å². The summed E-state index contributed by atoms with van der Waals surface area (Å²) in [5, 5.41) is 21.0. The summed E-state index contributed by atoms with van der Waals surface area (Å²) in [6.07, 6.45) is 0. The Kier molecular flexibility index (Phi) is 6.53. The number of β-amino-alcohol motifs (C(OH)–C–C–N with tert-alkyl or cyclic N) is 1. The first kappa shape index (κ1) is 22.4. The average Bonchev–Trinajstić information content (AvgIpc) is 2.80. The third-order valence-electron chi connectivity index (χ3n) is 6.24. The summed E-state index contributed by atoms with van der Waals surface area (Å²) in [5.74, 6) is 0. The first-order chi connectivity index (χ1) is 15.4. The molecule has 1 fully saturated rings. The number of nitriles is 1. The van der Waals surface area contributed by atoms with Gasteiger partial charge < -0.3 is 10.0 Å². The van der Waals surface area contributed by atoms with E-state index >= 15 is 0 Å². The number of nitrogens with zero attached hydrogens (tertiary/aromatic N) is 3. The second kappa shape index (κ2) is 9.34. The predicted molar refractivity (Wildman–Crippen MR) is 130 cm³/mol. The van der Waals surface area contributed by atoms with Gasteiger partial charge in [-0.25, -0.2) is 0 Å². The van der Waals surface area contributed by atoms with Crippen molar-refractivity contribution in [3.05, 3.63) is 100 Å². The molecule has 1 aliphatic rings. The zero-order chi connectivity index (χ0) is 22.7. The van der Waals surface area contributed by atoms with E-state index in [0.717, 1.165) is 30.9 Å². The maximum atomic E-state index is 11.3. The molecule has 1 aliphatic heterocycles. The number of hydrogen-bond acceptors (Lipinski definition) is 4. The summed E-state index contributed by atoms with van der Waals surface area (Å²) in [7, 11) is 0. The van der Waals surface area contributed by atoms with Crippen LogP contribution in [0.25, 0.3) is 0 Å². The fourth-order valence-electron chi connectivity index (χ4n) is 4.48. The normalized spacial score (nSPS) is 18.7. The number of aryl methyl sites for hydroxylation is 1. The van der Waals surface area contributed by atoms with Crippen LogP contribution >= 0.6 is 11.6 Å². The second-order valence-electron chi connectivity index (χ2n) is 8.77. The molecular formula is C27H28ClN3O. The molecule has 1 heterocycles. The van der Waals surface area contributed by atoms with Crippen LogP contribution in [0.1, 0.15) is 35.2 Å². The van der Waals surface area contributed by atoms with Crippen molar-refractivity contribution < 1.29 is 5.11 Å². The summed E-state index contributed by atoms with van der Waals surface area (Å²) >= 11 is 6.58. The first-order valence-corrected chi connectivity index (χ1v) is 11.3. The van der Waals surface area contributed by atoms with E-state index < -0.39 is 5.60 Å². The molecule has 0 aliphatic carbocycles. The van der Waals surface area contributed by atoms with Gasteiger partial charge in [0.15, 0.2) is 0 Å². The zero-order valence-corrected chi connectivity index (χ0v) is 19.3. The van der Waals surface area contributed by atoms with Gasteiger partial charge >= 0.3 is 0 Å². The van der Waals surface area contributed by atoms with Gasteiger partial charge in [-0.15, -0.1) is 0 Å². The summed E-state index contributed by atoms with van der Waals surface area (Å²) in [6, 6.07) is 26.2. The van der Waals surface area contributed by atoms with E-state index in [0.29, 0.717) is 17.1 Å². The van der Waals surface area contributed by atoms with Crippen LogP contribution in [-0.2, 0) is 5.60 Å². The number of piperazine rings is 1. The lowest BCUT2D eigenvalue weighted by atomic mass is 9.93. The Labute approximate surface area is 195 Å². The minimum absolute atomic E-state index is 0.0872. The lowest BCUT2D eigenvalue weighted by Gasteiger charge is -2.45. The Morgan fingerprint density at radius 3 is 2.44 bits per heavy atom. The molecule has 3 aromatic carbocycles. The van der Waals surface area contributed by atoms with Crippen molar-refractivity contribution in [2.75, 3.05) is 31.1 Å². The number of hydrogen-bond donors (Lipinski definition) is 1.